The van der Waals surface area contributed by atoms with Gasteiger partial charge in [0, 0.05) is 12.2 Å². The number of carbonyl (C=O) groups excluding carboxylic acids is 2. The van der Waals surface area contributed by atoms with Crippen LogP contribution in [0.15, 0.2) is 78.9 Å². The van der Waals surface area contributed by atoms with Crippen molar-refractivity contribution in [1.82, 2.24) is 0 Å². The number of hydrogen-bond acceptors (Lipinski definition) is 8. The van der Waals surface area contributed by atoms with Gasteiger partial charge in [-0.1, -0.05) is 36.4 Å². The van der Waals surface area contributed by atoms with Crippen LogP contribution in [0.1, 0.15) is 41.7 Å². The van der Waals surface area contributed by atoms with E-state index in [0.29, 0.717) is 16.7 Å². The van der Waals surface area contributed by atoms with Gasteiger partial charge in [0.15, 0.2) is 0 Å². The number of hydrogen-bond donors (Lipinski definition) is 0. The molecule has 0 atom stereocenters. The Kier molecular flexibility index (Phi) is 10.6. The van der Waals surface area contributed by atoms with Crippen LogP contribution in [0.4, 0.5) is 11.4 Å². The molecule has 3 aromatic rings. The summed E-state index contributed by atoms with van der Waals surface area (Å²) in [5.41, 5.74) is 1.69. The van der Waals surface area contributed by atoms with Gasteiger partial charge in [0.1, 0.15) is 12.1 Å². The molecule has 0 fully saturated rings. The maximum Gasteiger partial charge on any atom is 0.330 e. The molecule has 0 heterocycles. The van der Waals surface area contributed by atoms with Crippen molar-refractivity contribution in [2.75, 3.05) is 17.5 Å². The van der Waals surface area contributed by atoms with Crippen LogP contribution in [0.25, 0.3) is 12.2 Å². The monoisotopic (exact) mass is 569 g/mol. The van der Waals surface area contributed by atoms with E-state index in [1.165, 1.54) is 48.6 Å². The Morgan fingerprint density at radius 3 is 1.63 bits per heavy atom. The van der Waals surface area contributed by atoms with Crippen molar-refractivity contribution in [3.8, 4) is 12.1 Å². The van der Waals surface area contributed by atoms with E-state index in [9.17, 15) is 28.5 Å². The average Bonchev–Trinajstić information content (AvgIpc) is 2.95. The number of benzene rings is 3. The molecule has 3 aromatic carbocycles. The summed E-state index contributed by atoms with van der Waals surface area (Å²) in [7, 11) is -4.26. The molecule has 0 amide bonds. The van der Waals surface area contributed by atoms with Crippen molar-refractivity contribution in [3.05, 3.63) is 107 Å². The van der Waals surface area contributed by atoms with E-state index in [2.05, 4.69) is 0 Å². The van der Waals surface area contributed by atoms with Gasteiger partial charge in [-0.2, -0.15) is 10.5 Å². The van der Waals surface area contributed by atoms with Gasteiger partial charge in [0.2, 0.25) is 10.0 Å². The predicted molar refractivity (Wildman–Crippen MR) is 155 cm³/mol. The number of esters is 2. The van der Waals surface area contributed by atoms with E-state index >= 15 is 0 Å². The first kappa shape index (κ1) is 30.4. The smallest absolute Gasteiger partial charge is 0.330 e. The number of ether oxygens (including phenoxy) is 2. The molecule has 0 saturated carbocycles. The second-order valence-electron chi connectivity index (χ2n) is 8.46. The Morgan fingerprint density at radius 1 is 0.780 bits per heavy atom. The molecular weight excluding hydrogens is 542 g/mol. The van der Waals surface area contributed by atoms with Gasteiger partial charge >= 0.3 is 11.9 Å². The van der Waals surface area contributed by atoms with Crippen LogP contribution in [0, 0.1) is 22.7 Å². The minimum atomic E-state index is -4.26. The standard InChI is InChI=1S/C31H27N3O6S/c1-3-39-30(35)15-13-23-17-24(14-16-31(36)40-4-2)19-25(18-23)22-41(37,38)34(28-11-7-5-9-26(28)20-32)29-12-8-6-10-27(29)21-33/h5-19H,3-4,22H2,1-2H3/b15-13+,16-14+. The summed E-state index contributed by atoms with van der Waals surface area (Å²) in [5.74, 6) is -1.67. The Hall–Kier alpha value is -5.19. The fourth-order valence-electron chi connectivity index (χ4n) is 3.93. The first-order valence-corrected chi connectivity index (χ1v) is 14.2. The molecule has 0 N–H and O–H groups in total. The minimum Gasteiger partial charge on any atom is -0.463 e. The number of carbonyl (C=O) groups is 2. The van der Waals surface area contributed by atoms with Gasteiger partial charge in [-0.15, -0.1) is 0 Å². The van der Waals surface area contributed by atoms with Crippen LogP contribution >= 0.6 is 0 Å². The first-order valence-electron chi connectivity index (χ1n) is 12.6. The lowest BCUT2D eigenvalue weighted by molar-refractivity contribution is -0.138. The van der Waals surface area contributed by atoms with E-state index in [1.54, 1.807) is 56.3 Å². The van der Waals surface area contributed by atoms with Crippen LogP contribution in [0.5, 0.6) is 0 Å². The summed E-state index contributed by atoms with van der Waals surface area (Å²) in [5, 5.41) is 19.5. The van der Waals surface area contributed by atoms with E-state index in [-0.39, 0.29) is 35.7 Å². The van der Waals surface area contributed by atoms with Gasteiger partial charge in [-0.3, -0.25) is 0 Å². The zero-order chi connectivity index (χ0) is 29.8. The third kappa shape index (κ3) is 8.15. The SMILES string of the molecule is CCOC(=O)/C=C/c1cc(/C=C/C(=O)OCC)cc(CS(=O)(=O)N(c2ccccc2C#N)c2ccccc2C#N)c1. The van der Waals surface area contributed by atoms with Crippen molar-refractivity contribution in [2.45, 2.75) is 19.6 Å². The average molecular weight is 570 g/mol. The molecular formula is C31H27N3O6S. The molecule has 208 valence electrons. The van der Waals surface area contributed by atoms with E-state index in [0.717, 1.165) is 4.31 Å². The molecule has 0 unspecified atom stereocenters. The summed E-state index contributed by atoms with van der Waals surface area (Å²) in [4.78, 5) is 23.8. The number of anilines is 2. The minimum absolute atomic E-state index is 0.0958. The number of rotatable bonds is 11. The maximum absolute atomic E-state index is 14.1. The molecule has 0 aliphatic carbocycles. The first-order chi connectivity index (χ1) is 19.7. The number of para-hydroxylation sites is 2. The summed E-state index contributed by atoms with van der Waals surface area (Å²) < 4.78 is 39.0. The molecule has 0 spiro atoms. The molecule has 3 rings (SSSR count). The van der Waals surface area contributed by atoms with Crippen LogP contribution in [0.3, 0.4) is 0 Å². The Morgan fingerprint density at radius 2 is 1.22 bits per heavy atom. The zero-order valence-electron chi connectivity index (χ0n) is 22.5. The Bertz CT molecular complexity index is 1580. The summed E-state index contributed by atoms with van der Waals surface area (Å²) in [6.45, 7) is 3.74. The van der Waals surface area contributed by atoms with Crippen molar-refractivity contribution >= 4 is 45.5 Å². The summed E-state index contributed by atoms with van der Waals surface area (Å²) >= 11 is 0. The quantitative estimate of drug-likeness (QED) is 0.225. The molecule has 0 bridgehead atoms. The highest BCUT2D eigenvalue weighted by Gasteiger charge is 2.29. The van der Waals surface area contributed by atoms with Crippen LogP contribution in [-0.2, 0) is 34.8 Å². The van der Waals surface area contributed by atoms with Gasteiger partial charge in [-0.25, -0.2) is 22.3 Å². The highest BCUT2D eigenvalue weighted by molar-refractivity contribution is 7.92. The molecule has 0 saturated heterocycles. The highest BCUT2D eigenvalue weighted by Crippen LogP contribution is 2.35. The molecule has 10 heteroatoms. The second kappa shape index (κ2) is 14.3. The lowest BCUT2D eigenvalue weighted by Crippen LogP contribution is -2.29. The third-order valence-corrected chi connectivity index (χ3v) is 7.20. The highest BCUT2D eigenvalue weighted by atomic mass is 32.2. The molecule has 0 aliphatic heterocycles. The summed E-state index contributed by atoms with van der Waals surface area (Å²) in [6, 6.07) is 21.3. The predicted octanol–water partition coefficient (Wildman–Crippen LogP) is 5.25. The Labute approximate surface area is 239 Å². The fourth-order valence-corrected chi connectivity index (χ4v) is 5.56. The lowest BCUT2D eigenvalue weighted by Gasteiger charge is -2.26. The number of nitriles is 2. The molecule has 41 heavy (non-hydrogen) atoms. The van der Waals surface area contributed by atoms with Crippen molar-refractivity contribution in [2.24, 2.45) is 0 Å². The summed E-state index contributed by atoms with van der Waals surface area (Å²) in [6.07, 6.45) is 5.39. The van der Waals surface area contributed by atoms with Crippen molar-refractivity contribution in [1.29, 1.82) is 10.5 Å². The van der Waals surface area contributed by atoms with Crippen LogP contribution in [0.2, 0.25) is 0 Å². The van der Waals surface area contributed by atoms with Crippen LogP contribution < -0.4 is 4.31 Å². The molecule has 9 nitrogen and oxygen atoms in total. The molecule has 0 aliphatic rings. The van der Waals surface area contributed by atoms with E-state index < -0.39 is 27.7 Å². The van der Waals surface area contributed by atoms with Gasteiger partial charge in [0.25, 0.3) is 0 Å². The van der Waals surface area contributed by atoms with Gasteiger partial charge in [-0.05, 0) is 73.0 Å². The van der Waals surface area contributed by atoms with E-state index in [4.69, 9.17) is 9.47 Å². The van der Waals surface area contributed by atoms with E-state index in [1.807, 2.05) is 12.1 Å². The number of sulfonamides is 1. The normalized spacial score (nSPS) is 11.1. The van der Waals surface area contributed by atoms with Gasteiger partial charge < -0.3 is 9.47 Å². The van der Waals surface area contributed by atoms with Crippen molar-refractivity contribution < 1.29 is 27.5 Å². The topological polar surface area (TPSA) is 138 Å². The van der Waals surface area contributed by atoms with Gasteiger partial charge in [0.05, 0.1) is 41.5 Å². The zero-order valence-corrected chi connectivity index (χ0v) is 23.3. The number of nitrogens with zero attached hydrogens (tertiary/aromatic N) is 3. The Balaban J connectivity index is 2.15. The van der Waals surface area contributed by atoms with Crippen LogP contribution in [-0.4, -0.2) is 33.6 Å². The fraction of sp³-hybridized carbons (Fsp3) is 0.161. The molecule has 0 aromatic heterocycles. The largest absolute Gasteiger partial charge is 0.463 e. The maximum atomic E-state index is 14.1. The van der Waals surface area contributed by atoms with Crippen molar-refractivity contribution in [3.63, 3.8) is 0 Å². The lowest BCUT2D eigenvalue weighted by atomic mass is 10.1. The third-order valence-electron chi connectivity index (χ3n) is 5.55. The second-order valence-corrected chi connectivity index (χ2v) is 10.3. The molecule has 0 radical (unpaired) electrons.